The van der Waals surface area contributed by atoms with Gasteiger partial charge in [-0.1, -0.05) is 39.5 Å². The molecule has 1 rings (SSSR count). The molecule has 110 valence electrons. The van der Waals surface area contributed by atoms with Crippen molar-refractivity contribution in [1.82, 2.24) is 0 Å². The lowest BCUT2D eigenvalue weighted by molar-refractivity contribution is -0.429. The molecule has 0 spiro atoms. The molecule has 0 N–H and O–H groups in total. The summed E-state index contributed by atoms with van der Waals surface area (Å²) in [5.41, 5.74) is 1.98. The highest BCUT2D eigenvalue weighted by Crippen LogP contribution is 2.35. The number of allylic oxidation sites excluding steroid dienone is 2. The number of nitrogens with zero attached hydrogens (tertiary/aromatic N) is 1. The minimum atomic E-state index is -0.155. The van der Waals surface area contributed by atoms with Crippen molar-refractivity contribution in [3.05, 3.63) is 21.4 Å². The molecule has 0 fully saturated rings. The monoisotopic (exact) mass is 267 g/mol. The number of hydrogen-bond acceptors (Lipinski definition) is 2. The van der Waals surface area contributed by atoms with Crippen LogP contribution in [0, 0.1) is 15.5 Å². The van der Waals surface area contributed by atoms with Crippen LogP contribution in [0.1, 0.15) is 85.0 Å². The van der Waals surface area contributed by atoms with E-state index in [-0.39, 0.29) is 4.92 Å². The molecule has 3 nitrogen and oxygen atoms in total. The first-order valence-electron chi connectivity index (χ1n) is 7.81. The van der Waals surface area contributed by atoms with Gasteiger partial charge in [-0.25, -0.2) is 0 Å². The molecule has 0 bridgehead atoms. The molecule has 0 aromatic carbocycles. The van der Waals surface area contributed by atoms with E-state index < -0.39 is 0 Å². The van der Waals surface area contributed by atoms with Crippen LogP contribution in [0.25, 0.3) is 0 Å². The van der Waals surface area contributed by atoms with Crippen LogP contribution in [0.15, 0.2) is 11.3 Å². The van der Waals surface area contributed by atoms with Gasteiger partial charge in [-0.15, -0.1) is 0 Å². The Morgan fingerprint density at radius 1 is 1.11 bits per heavy atom. The molecule has 0 saturated carbocycles. The molecule has 0 aliphatic heterocycles. The first kappa shape index (κ1) is 16.2. The summed E-state index contributed by atoms with van der Waals surface area (Å²) in [6.45, 7) is 6.65. The van der Waals surface area contributed by atoms with Crippen molar-refractivity contribution in [1.29, 1.82) is 0 Å². The van der Waals surface area contributed by atoms with Crippen LogP contribution in [0.5, 0.6) is 0 Å². The van der Waals surface area contributed by atoms with Crippen molar-refractivity contribution < 1.29 is 4.92 Å². The summed E-state index contributed by atoms with van der Waals surface area (Å²) in [5.74, 6) is 0. The molecule has 1 atom stereocenters. The predicted molar refractivity (Wildman–Crippen MR) is 79.6 cm³/mol. The summed E-state index contributed by atoms with van der Waals surface area (Å²) in [6, 6.07) is 0. The van der Waals surface area contributed by atoms with Gasteiger partial charge in [-0.05, 0) is 50.0 Å². The SMILES string of the molecule is CCC1(C)CCCCC/C([N+](=O)[O-])=C(/C)CCCC1. The van der Waals surface area contributed by atoms with Gasteiger partial charge in [0.1, 0.15) is 0 Å². The highest BCUT2D eigenvalue weighted by molar-refractivity contribution is 5.05. The van der Waals surface area contributed by atoms with Crippen LogP contribution in [0.3, 0.4) is 0 Å². The Morgan fingerprint density at radius 3 is 2.26 bits per heavy atom. The molecule has 0 heterocycles. The van der Waals surface area contributed by atoms with Crippen molar-refractivity contribution in [2.24, 2.45) is 5.41 Å². The molecule has 1 unspecified atom stereocenters. The summed E-state index contributed by atoms with van der Waals surface area (Å²) in [5, 5.41) is 11.1. The van der Waals surface area contributed by atoms with Gasteiger partial charge in [0.15, 0.2) is 0 Å². The van der Waals surface area contributed by atoms with Crippen molar-refractivity contribution in [3.8, 4) is 0 Å². The van der Waals surface area contributed by atoms with Crippen LogP contribution in [-0.4, -0.2) is 4.92 Å². The third-order valence-corrected chi connectivity index (χ3v) is 4.84. The van der Waals surface area contributed by atoms with Crippen molar-refractivity contribution in [3.63, 3.8) is 0 Å². The highest BCUT2D eigenvalue weighted by Gasteiger charge is 2.22. The molecule has 1 aliphatic carbocycles. The fourth-order valence-electron chi connectivity index (χ4n) is 3.05. The number of rotatable bonds is 2. The fourth-order valence-corrected chi connectivity index (χ4v) is 3.05. The Kier molecular flexibility index (Phi) is 6.53. The zero-order valence-electron chi connectivity index (χ0n) is 12.8. The maximum Gasteiger partial charge on any atom is 0.245 e. The largest absolute Gasteiger partial charge is 0.259 e. The van der Waals surface area contributed by atoms with E-state index in [1.165, 1.54) is 32.1 Å². The summed E-state index contributed by atoms with van der Waals surface area (Å²) in [6.07, 6.45) is 11.0. The smallest absolute Gasteiger partial charge is 0.245 e. The first-order valence-corrected chi connectivity index (χ1v) is 7.81. The molecule has 0 aromatic heterocycles. The van der Waals surface area contributed by atoms with Crippen LogP contribution < -0.4 is 0 Å². The lowest BCUT2D eigenvalue weighted by atomic mass is 9.77. The standard InChI is InChI=1S/C16H29NO2/c1-4-16(3)12-8-5-6-11-15(17(18)19)14(2)10-7-9-13-16/h4-13H2,1-3H3/b15-14+. The molecule has 0 amide bonds. The second kappa shape index (κ2) is 7.66. The van der Waals surface area contributed by atoms with Gasteiger partial charge < -0.3 is 0 Å². The molecule has 19 heavy (non-hydrogen) atoms. The summed E-state index contributed by atoms with van der Waals surface area (Å²) >= 11 is 0. The maximum atomic E-state index is 11.1. The van der Waals surface area contributed by atoms with Crippen LogP contribution in [-0.2, 0) is 0 Å². The normalized spacial score (nSPS) is 31.3. The summed E-state index contributed by atoms with van der Waals surface area (Å²) < 4.78 is 0. The van der Waals surface area contributed by atoms with E-state index in [1.54, 1.807) is 0 Å². The maximum absolute atomic E-state index is 11.1. The van der Waals surface area contributed by atoms with Gasteiger partial charge in [0.2, 0.25) is 5.70 Å². The molecular formula is C16H29NO2. The third kappa shape index (κ3) is 5.33. The van der Waals surface area contributed by atoms with Gasteiger partial charge in [-0.3, -0.25) is 10.1 Å². The zero-order chi connectivity index (χ0) is 14.3. The summed E-state index contributed by atoms with van der Waals surface area (Å²) in [7, 11) is 0. The van der Waals surface area contributed by atoms with E-state index in [1.807, 2.05) is 6.92 Å². The van der Waals surface area contributed by atoms with Gasteiger partial charge in [0.25, 0.3) is 0 Å². The predicted octanol–water partition coefficient (Wildman–Crippen LogP) is 5.48. The average molecular weight is 267 g/mol. The highest BCUT2D eigenvalue weighted by atomic mass is 16.6. The van der Waals surface area contributed by atoms with Gasteiger partial charge in [0.05, 0.1) is 4.92 Å². The minimum Gasteiger partial charge on any atom is -0.259 e. The quantitative estimate of drug-likeness (QED) is 0.491. The summed E-state index contributed by atoms with van der Waals surface area (Å²) in [4.78, 5) is 10.9. The lowest BCUT2D eigenvalue weighted by Crippen LogP contribution is -2.15. The zero-order valence-corrected chi connectivity index (χ0v) is 12.8. The second-order valence-corrected chi connectivity index (χ2v) is 6.42. The first-order chi connectivity index (χ1) is 8.98. The molecule has 0 radical (unpaired) electrons. The average Bonchev–Trinajstić information content (AvgIpc) is 2.36. The Labute approximate surface area is 117 Å². The Balaban J connectivity index is 2.69. The van der Waals surface area contributed by atoms with Crippen molar-refractivity contribution >= 4 is 0 Å². The van der Waals surface area contributed by atoms with E-state index in [9.17, 15) is 10.1 Å². The van der Waals surface area contributed by atoms with E-state index in [4.69, 9.17) is 0 Å². The van der Waals surface area contributed by atoms with E-state index in [0.29, 0.717) is 17.5 Å². The molecule has 3 heteroatoms. The minimum absolute atomic E-state index is 0.155. The van der Waals surface area contributed by atoms with Crippen molar-refractivity contribution in [2.45, 2.75) is 85.0 Å². The topological polar surface area (TPSA) is 43.1 Å². The van der Waals surface area contributed by atoms with Gasteiger partial charge >= 0.3 is 0 Å². The van der Waals surface area contributed by atoms with Crippen LogP contribution >= 0.6 is 0 Å². The lowest BCUT2D eigenvalue weighted by Gasteiger charge is -2.28. The Morgan fingerprint density at radius 2 is 1.68 bits per heavy atom. The van der Waals surface area contributed by atoms with Crippen molar-refractivity contribution in [2.75, 3.05) is 0 Å². The molecule has 1 aliphatic rings. The second-order valence-electron chi connectivity index (χ2n) is 6.42. The van der Waals surface area contributed by atoms with E-state index >= 15 is 0 Å². The van der Waals surface area contributed by atoms with E-state index in [2.05, 4.69) is 13.8 Å². The molecular weight excluding hydrogens is 238 g/mol. The molecule has 0 saturated heterocycles. The van der Waals surface area contributed by atoms with E-state index in [0.717, 1.165) is 31.3 Å². The third-order valence-electron chi connectivity index (χ3n) is 4.84. The van der Waals surface area contributed by atoms with Crippen LogP contribution in [0.4, 0.5) is 0 Å². The Bertz CT molecular complexity index is 336. The Hall–Kier alpha value is -0.860. The number of nitro groups is 1. The van der Waals surface area contributed by atoms with Gasteiger partial charge in [0, 0.05) is 6.42 Å². The fraction of sp³-hybridized carbons (Fsp3) is 0.875. The van der Waals surface area contributed by atoms with Gasteiger partial charge in [-0.2, -0.15) is 0 Å². The number of hydrogen-bond donors (Lipinski definition) is 0. The van der Waals surface area contributed by atoms with Crippen LogP contribution in [0.2, 0.25) is 0 Å². The molecule has 0 aromatic rings.